The quantitative estimate of drug-likeness (QED) is 0.447. The third-order valence-corrected chi connectivity index (χ3v) is 6.74. The zero-order valence-electron chi connectivity index (χ0n) is 17.5. The van der Waals surface area contributed by atoms with Crippen molar-refractivity contribution in [3.8, 4) is 0 Å². The average molecular weight is 512 g/mol. The summed E-state index contributed by atoms with van der Waals surface area (Å²) < 4.78 is 0.974. The number of halogens is 2. The number of amides is 2. The number of hydrogen-bond acceptors (Lipinski definition) is 3. The lowest BCUT2D eigenvalue weighted by molar-refractivity contribution is -0.138. The van der Waals surface area contributed by atoms with E-state index in [-0.39, 0.29) is 23.6 Å². The van der Waals surface area contributed by atoms with Gasteiger partial charge in [0.1, 0.15) is 6.04 Å². The Morgan fingerprint density at radius 3 is 2.43 bits per heavy atom. The lowest BCUT2D eigenvalue weighted by Crippen LogP contribution is -2.50. The smallest absolute Gasteiger partial charge is 0.242 e. The van der Waals surface area contributed by atoms with Crippen LogP contribution in [-0.4, -0.2) is 34.6 Å². The third-order valence-electron chi connectivity index (χ3n) is 4.88. The predicted octanol–water partition coefficient (Wildman–Crippen LogP) is 5.67. The van der Waals surface area contributed by atoms with Crippen molar-refractivity contribution in [3.05, 3.63) is 69.2 Å². The third kappa shape index (κ3) is 7.64. The molecule has 0 saturated heterocycles. The van der Waals surface area contributed by atoms with Crippen LogP contribution >= 0.6 is 39.3 Å². The predicted molar refractivity (Wildman–Crippen MR) is 130 cm³/mol. The zero-order valence-corrected chi connectivity index (χ0v) is 20.7. The fraction of sp³-hybridized carbons (Fsp3) is 0.391. The summed E-state index contributed by atoms with van der Waals surface area (Å²) in [7, 11) is 0. The monoisotopic (exact) mass is 510 g/mol. The maximum atomic E-state index is 13.1. The fourth-order valence-corrected chi connectivity index (χ4v) is 4.24. The molecule has 2 aromatic rings. The maximum Gasteiger partial charge on any atom is 0.242 e. The van der Waals surface area contributed by atoms with Gasteiger partial charge in [0.25, 0.3) is 0 Å². The van der Waals surface area contributed by atoms with E-state index in [2.05, 4.69) is 21.2 Å². The van der Waals surface area contributed by atoms with E-state index in [0.717, 1.165) is 22.0 Å². The Morgan fingerprint density at radius 2 is 1.80 bits per heavy atom. The number of nitrogens with zero attached hydrogens (tertiary/aromatic N) is 1. The summed E-state index contributed by atoms with van der Waals surface area (Å²) in [6.45, 7) is 6.15. The second kappa shape index (κ2) is 12.4. The molecule has 30 heavy (non-hydrogen) atoms. The van der Waals surface area contributed by atoms with E-state index >= 15 is 0 Å². The van der Waals surface area contributed by atoms with Crippen LogP contribution in [0.1, 0.15) is 38.3 Å². The van der Waals surface area contributed by atoms with Gasteiger partial charge in [-0.25, -0.2) is 0 Å². The first kappa shape index (κ1) is 24.8. The Balaban J connectivity index is 2.08. The van der Waals surface area contributed by atoms with Gasteiger partial charge in [0, 0.05) is 27.8 Å². The minimum absolute atomic E-state index is 0.0678. The number of hydrogen-bond donors (Lipinski definition) is 1. The summed E-state index contributed by atoms with van der Waals surface area (Å²) in [5, 5.41) is 3.68. The first-order valence-corrected chi connectivity index (χ1v) is 12.3. The van der Waals surface area contributed by atoms with E-state index in [0.29, 0.717) is 17.3 Å². The van der Waals surface area contributed by atoms with Crippen molar-refractivity contribution < 1.29 is 9.59 Å². The Labute approximate surface area is 196 Å². The van der Waals surface area contributed by atoms with Gasteiger partial charge < -0.3 is 10.2 Å². The van der Waals surface area contributed by atoms with Crippen molar-refractivity contribution in [2.45, 2.75) is 51.6 Å². The van der Waals surface area contributed by atoms with Crippen molar-refractivity contribution in [2.24, 2.45) is 0 Å². The molecule has 2 aromatic carbocycles. The first-order valence-electron chi connectivity index (χ1n) is 9.97. The zero-order chi connectivity index (χ0) is 22.1. The number of thioether (sulfide) groups is 1. The molecular formula is C23H28BrClN2O2S. The fourth-order valence-electron chi connectivity index (χ4n) is 2.78. The number of rotatable bonds is 10. The molecule has 0 unspecified atom stereocenters. The molecule has 0 aliphatic heterocycles. The van der Waals surface area contributed by atoms with Crippen LogP contribution in [-0.2, 0) is 21.9 Å². The molecule has 7 heteroatoms. The highest BCUT2D eigenvalue weighted by molar-refractivity contribution is 9.10. The molecule has 2 atom stereocenters. The number of carbonyl (C=O) groups excluding carboxylic acids is 2. The van der Waals surface area contributed by atoms with E-state index in [4.69, 9.17) is 11.6 Å². The highest BCUT2D eigenvalue weighted by Crippen LogP contribution is 2.22. The summed E-state index contributed by atoms with van der Waals surface area (Å²) in [5.41, 5.74) is 1.98. The molecule has 0 spiro atoms. The van der Waals surface area contributed by atoms with Gasteiger partial charge >= 0.3 is 0 Å². The van der Waals surface area contributed by atoms with Crippen LogP contribution in [0.2, 0.25) is 5.02 Å². The Morgan fingerprint density at radius 1 is 1.13 bits per heavy atom. The second-order valence-electron chi connectivity index (χ2n) is 7.23. The van der Waals surface area contributed by atoms with Gasteiger partial charge in [-0.3, -0.25) is 9.59 Å². The van der Waals surface area contributed by atoms with Crippen molar-refractivity contribution in [3.63, 3.8) is 0 Å². The van der Waals surface area contributed by atoms with E-state index in [1.54, 1.807) is 11.8 Å². The normalized spacial score (nSPS) is 12.8. The maximum absolute atomic E-state index is 13.1. The van der Waals surface area contributed by atoms with Crippen LogP contribution in [0.15, 0.2) is 53.0 Å². The summed E-state index contributed by atoms with van der Waals surface area (Å²) in [5.74, 6) is 0.723. The van der Waals surface area contributed by atoms with Crippen LogP contribution in [0.5, 0.6) is 0 Å². The summed E-state index contributed by atoms with van der Waals surface area (Å²) in [6, 6.07) is 14.9. The first-order chi connectivity index (χ1) is 14.3. The SMILES string of the molecule is CC[C@H](C)NC(=O)[C@H](C)N(Cc1ccc(Br)cc1)C(=O)CSCc1ccccc1Cl. The molecule has 0 heterocycles. The summed E-state index contributed by atoms with van der Waals surface area (Å²) >= 11 is 11.1. The van der Waals surface area contributed by atoms with Gasteiger partial charge in [0.05, 0.1) is 5.75 Å². The topological polar surface area (TPSA) is 49.4 Å². The van der Waals surface area contributed by atoms with Gasteiger partial charge in [-0.1, -0.05) is 64.8 Å². The molecule has 2 amide bonds. The van der Waals surface area contributed by atoms with Gasteiger partial charge in [0.15, 0.2) is 0 Å². The van der Waals surface area contributed by atoms with Gasteiger partial charge in [-0.2, -0.15) is 0 Å². The van der Waals surface area contributed by atoms with Crippen LogP contribution in [0.4, 0.5) is 0 Å². The van der Waals surface area contributed by atoms with E-state index in [1.807, 2.05) is 62.4 Å². The van der Waals surface area contributed by atoms with Crippen LogP contribution in [0, 0.1) is 0 Å². The largest absolute Gasteiger partial charge is 0.352 e. The summed E-state index contributed by atoms with van der Waals surface area (Å²) in [6.07, 6.45) is 0.840. The van der Waals surface area contributed by atoms with Crippen LogP contribution in [0.25, 0.3) is 0 Å². The van der Waals surface area contributed by atoms with E-state index in [1.165, 1.54) is 11.8 Å². The highest BCUT2D eigenvalue weighted by Gasteiger charge is 2.26. The lowest BCUT2D eigenvalue weighted by atomic mass is 10.1. The standard InChI is InChI=1S/C23H28BrClN2O2S/c1-4-16(2)26-23(29)17(3)27(13-18-9-11-20(24)12-10-18)22(28)15-30-14-19-7-5-6-8-21(19)25/h5-12,16-17H,4,13-15H2,1-3H3,(H,26,29)/t16-,17-/m0/s1. The molecule has 2 rings (SSSR count). The Bertz CT molecular complexity index is 847. The summed E-state index contributed by atoms with van der Waals surface area (Å²) in [4.78, 5) is 27.4. The molecule has 0 fully saturated rings. The second-order valence-corrected chi connectivity index (χ2v) is 9.53. The molecular weight excluding hydrogens is 484 g/mol. The van der Waals surface area contributed by atoms with Crippen molar-refractivity contribution in [1.29, 1.82) is 0 Å². The Kier molecular flexibility index (Phi) is 10.2. The van der Waals surface area contributed by atoms with Crippen molar-refractivity contribution in [2.75, 3.05) is 5.75 Å². The van der Waals surface area contributed by atoms with Crippen molar-refractivity contribution in [1.82, 2.24) is 10.2 Å². The van der Waals surface area contributed by atoms with Gasteiger partial charge in [-0.15, -0.1) is 11.8 Å². The molecule has 0 radical (unpaired) electrons. The highest BCUT2D eigenvalue weighted by atomic mass is 79.9. The molecule has 0 saturated carbocycles. The van der Waals surface area contributed by atoms with Crippen LogP contribution < -0.4 is 5.32 Å². The van der Waals surface area contributed by atoms with E-state index < -0.39 is 6.04 Å². The molecule has 4 nitrogen and oxygen atoms in total. The molecule has 0 aliphatic carbocycles. The van der Waals surface area contributed by atoms with Gasteiger partial charge in [0.2, 0.25) is 11.8 Å². The number of benzene rings is 2. The Hall–Kier alpha value is -1.50. The van der Waals surface area contributed by atoms with E-state index in [9.17, 15) is 9.59 Å². The molecule has 0 bridgehead atoms. The number of nitrogens with one attached hydrogen (secondary N) is 1. The van der Waals surface area contributed by atoms with Crippen LogP contribution in [0.3, 0.4) is 0 Å². The average Bonchev–Trinajstić information content (AvgIpc) is 2.73. The minimum Gasteiger partial charge on any atom is -0.352 e. The molecule has 0 aliphatic rings. The molecule has 0 aromatic heterocycles. The van der Waals surface area contributed by atoms with Gasteiger partial charge in [-0.05, 0) is 49.6 Å². The number of carbonyl (C=O) groups is 2. The molecule has 162 valence electrons. The van der Waals surface area contributed by atoms with Crippen molar-refractivity contribution >= 4 is 51.1 Å². The lowest BCUT2D eigenvalue weighted by Gasteiger charge is -2.29. The minimum atomic E-state index is -0.559. The molecule has 1 N–H and O–H groups in total.